The number of aliphatic hydroxyl groups is 6. The summed E-state index contributed by atoms with van der Waals surface area (Å²) in [6.07, 6.45) is -13.4. The summed E-state index contributed by atoms with van der Waals surface area (Å²) >= 11 is 0. The molecule has 13 N–H and O–H groups in total. The Morgan fingerprint density at radius 3 is 2.00 bits per heavy atom. The third-order valence-electron chi connectivity index (χ3n) is 6.30. The number of hydrogen-bond acceptors (Lipinski definition) is 14. The SMILES string of the molecule is CNC[C@H]1O[C@@H](OC2C(O)[C@H](N)CC(N)[C@H]2O[C@H]2OC(CO)[C@@H](O)C(O)C2N)C(O)C1O. The fourth-order valence-electron chi connectivity index (χ4n) is 4.34. The van der Waals surface area contributed by atoms with Crippen LogP contribution >= 0.6 is 0 Å². The van der Waals surface area contributed by atoms with Crippen molar-refractivity contribution >= 4 is 0 Å². The Balaban J connectivity index is 1.77. The molecule has 3 rings (SSSR count). The first-order chi connectivity index (χ1) is 15.1. The third-order valence-corrected chi connectivity index (χ3v) is 6.30. The number of rotatable bonds is 7. The maximum atomic E-state index is 10.7. The molecule has 0 aromatic rings. The lowest BCUT2D eigenvalue weighted by molar-refractivity contribution is -0.310. The first kappa shape index (κ1) is 26.1. The molecule has 8 unspecified atom stereocenters. The van der Waals surface area contributed by atoms with Crippen molar-refractivity contribution < 1.29 is 49.6 Å². The minimum Gasteiger partial charge on any atom is -0.394 e. The zero-order chi connectivity index (χ0) is 23.7. The quantitative estimate of drug-likeness (QED) is 0.167. The van der Waals surface area contributed by atoms with Crippen LogP contribution in [0.2, 0.25) is 0 Å². The molecule has 32 heavy (non-hydrogen) atoms. The molecule has 0 bridgehead atoms. The molecule has 3 fully saturated rings. The van der Waals surface area contributed by atoms with Gasteiger partial charge in [-0.25, -0.2) is 0 Å². The molecule has 2 saturated heterocycles. The number of nitrogens with one attached hydrogen (secondary N) is 1. The van der Waals surface area contributed by atoms with Crippen LogP contribution in [0.15, 0.2) is 0 Å². The van der Waals surface area contributed by atoms with Crippen molar-refractivity contribution in [3.63, 3.8) is 0 Å². The maximum absolute atomic E-state index is 10.7. The van der Waals surface area contributed by atoms with Gasteiger partial charge in [0.1, 0.15) is 48.8 Å². The van der Waals surface area contributed by atoms with Crippen LogP contribution in [0, 0.1) is 0 Å². The number of aliphatic hydroxyl groups excluding tert-OH is 6. The number of ether oxygens (including phenoxy) is 4. The van der Waals surface area contributed by atoms with Crippen LogP contribution in [0.4, 0.5) is 0 Å². The Kier molecular flexibility index (Phi) is 8.79. The van der Waals surface area contributed by atoms with Crippen molar-refractivity contribution in [2.24, 2.45) is 17.2 Å². The van der Waals surface area contributed by atoms with E-state index in [-0.39, 0.29) is 13.0 Å². The zero-order valence-corrected chi connectivity index (χ0v) is 17.8. The molecule has 0 aromatic heterocycles. The molecule has 0 spiro atoms. The predicted molar refractivity (Wildman–Crippen MR) is 107 cm³/mol. The Morgan fingerprint density at radius 1 is 0.781 bits per heavy atom. The van der Waals surface area contributed by atoms with Gasteiger partial charge in [0.05, 0.1) is 18.8 Å². The Labute approximate surface area is 185 Å². The first-order valence-corrected chi connectivity index (χ1v) is 10.6. The minimum absolute atomic E-state index is 0.154. The molecule has 2 aliphatic heterocycles. The molecule has 188 valence electrons. The molecular weight excluding hydrogens is 432 g/mol. The van der Waals surface area contributed by atoms with E-state index in [1.165, 1.54) is 0 Å². The summed E-state index contributed by atoms with van der Waals surface area (Å²) in [5.41, 5.74) is 18.1. The normalized spacial score (nSPS) is 52.3. The van der Waals surface area contributed by atoms with E-state index in [4.69, 9.17) is 36.1 Å². The van der Waals surface area contributed by atoms with Crippen LogP contribution in [0.25, 0.3) is 0 Å². The number of hydrogen-bond donors (Lipinski definition) is 10. The smallest absolute Gasteiger partial charge is 0.187 e. The van der Waals surface area contributed by atoms with Gasteiger partial charge in [-0.3, -0.25) is 0 Å². The fraction of sp³-hybridized carbons (Fsp3) is 1.00. The fourth-order valence-corrected chi connectivity index (χ4v) is 4.34. The lowest BCUT2D eigenvalue weighted by Crippen LogP contribution is -2.68. The van der Waals surface area contributed by atoms with E-state index in [0.29, 0.717) is 0 Å². The van der Waals surface area contributed by atoms with Crippen LogP contribution in [-0.4, -0.2) is 136 Å². The van der Waals surface area contributed by atoms with E-state index in [0.717, 1.165) is 0 Å². The summed E-state index contributed by atoms with van der Waals surface area (Å²) in [5.74, 6) is 0. The summed E-state index contributed by atoms with van der Waals surface area (Å²) in [5, 5.41) is 63.6. The second-order valence-electron chi connectivity index (χ2n) is 8.62. The van der Waals surface area contributed by atoms with Crippen molar-refractivity contribution in [2.45, 2.75) is 92.1 Å². The van der Waals surface area contributed by atoms with E-state index in [9.17, 15) is 30.6 Å². The second kappa shape index (κ2) is 10.8. The van der Waals surface area contributed by atoms with E-state index in [1.807, 2.05) is 0 Å². The van der Waals surface area contributed by atoms with E-state index < -0.39 is 92.2 Å². The minimum atomic E-state index is -1.45. The van der Waals surface area contributed by atoms with Crippen LogP contribution in [0.3, 0.4) is 0 Å². The highest BCUT2D eigenvalue weighted by Crippen LogP contribution is 2.32. The summed E-state index contributed by atoms with van der Waals surface area (Å²) < 4.78 is 22.7. The molecule has 14 nitrogen and oxygen atoms in total. The molecular formula is C18H36N4O10. The van der Waals surface area contributed by atoms with Gasteiger partial charge < -0.3 is 72.1 Å². The molecule has 1 aliphatic carbocycles. The summed E-state index contributed by atoms with van der Waals surface area (Å²) in [7, 11) is 1.65. The van der Waals surface area contributed by atoms with Gasteiger partial charge in [-0.1, -0.05) is 0 Å². The van der Waals surface area contributed by atoms with Gasteiger partial charge in [-0.2, -0.15) is 0 Å². The monoisotopic (exact) mass is 468 g/mol. The van der Waals surface area contributed by atoms with Gasteiger partial charge in [0.25, 0.3) is 0 Å². The number of nitrogens with two attached hydrogens (primary N) is 3. The van der Waals surface area contributed by atoms with Crippen molar-refractivity contribution in [2.75, 3.05) is 20.2 Å². The Bertz CT molecular complexity index is 606. The van der Waals surface area contributed by atoms with E-state index in [2.05, 4.69) is 5.32 Å². The summed E-state index contributed by atoms with van der Waals surface area (Å²) in [6.45, 7) is -0.348. The zero-order valence-electron chi connectivity index (χ0n) is 17.8. The van der Waals surface area contributed by atoms with Crippen molar-refractivity contribution in [1.82, 2.24) is 5.32 Å². The summed E-state index contributed by atoms with van der Waals surface area (Å²) in [6, 6.07) is -2.73. The van der Waals surface area contributed by atoms with Crippen molar-refractivity contribution in [3.8, 4) is 0 Å². The van der Waals surface area contributed by atoms with Gasteiger partial charge in [-0.05, 0) is 13.5 Å². The highest BCUT2D eigenvalue weighted by Gasteiger charge is 2.52. The molecule has 0 radical (unpaired) electrons. The topological polar surface area (TPSA) is 248 Å². The largest absolute Gasteiger partial charge is 0.394 e. The van der Waals surface area contributed by atoms with Crippen LogP contribution in [-0.2, 0) is 18.9 Å². The molecule has 0 aromatic carbocycles. The third kappa shape index (κ3) is 5.08. The van der Waals surface area contributed by atoms with Crippen molar-refractivity contribution in [1.29, 1.82) is 0 Å². The van der Waals surface area contributed by atoms with E-state index >= 15 is 0 Å². The van der Waals surface area contributed by atoms with Gasteiger partial charge in [0, 0.05) is 18.6 Å². The first-order valence-electron chi connectivity index (χ1n) is 10.6. The van der Waals surface area contributed by atoms with Crippen LogP contribution in [0.1, 0.15) is 6.42 Å². The molecule has 2 heterocycles. The Morgan fingerprint density at radius 2 is 1.38 bits per heavy atom. The van der Waals surface area contributed by atoms with Gasteiger partial charge in [0.15, 0.2) is 12.6 Å². The average Bonchev–Trinajstić information content (AvgIpc) is 3.02. The van der Waals surface area contributed by atoms with Crippen LogP contribution in [0.5, 0.6) is 0 Å². The Hall–Kier alpha value is -0.560. The maximum Gasteiger partial charge on any atom is 0.187 e. The standard InChI is InChI=1S/C18H36N4O10/c1-22-3-7-11(25)14(28)18(29-7)32-16-10(24)5(19)2-6(20)15(16)31-17-9(21)13(27)12(26)8(4-23)30-17/h5-18,22-28H,2-4,19-21H2,1H3/t5-,6?,7-,8?,9?,10?,11?,12-,13?,14?,15-,16?,17-,18+/m1/s1. The molecule has 14 atom stereocenters. The lowest BCUT2D eigenvalue weighted by Gasteiger charge is -2.47. The van der Waals surface area contributed by atoms with Gasteiger partial charge >= 0.3 is 0 Å². The second-order valence-corrected chi connectivity index (χ2v) is 8.62. The molecule has 3 aliphatic rings. The summed E-state index contributed by atoms with van der Waals surface area (Å²) in [4.78, 5) is 0. The van der Waals surface area contributed by atoms with Gasteiger partial charge in [0.2, 0.25) is 0 Å². The molecule has 0 amide bonds. The molecule has 14 heteroatoms. The van der Waals surface area contributed by atoms with Crippen molar-refractivity contribution in [3.05, 3.63) is 0 Å². The lowest BCUT2D eigenvalue weighted by atomic mass is 9.84. The number of likely N-dealkylation sites (N-methyl/N-ethyl adjacent to an activating group) is 1. The highest BCUT2D eigenvalue weighted by atomic mass is 16.7. The molecule has 1 saturated carbocycles. The highest BCUT2D eigenvalue weighted by molar-refractivity contribution is 5.01. The predicted octanol–water partition coefficient (Wildman–Crippen LogP) is -6.39. The average molecular weight is 469 g/mol. The van der Waals surface area contributed by atoms with Gasteiger partial charge in [-0.15, -0.1) is 0 Å². The van der Waals surface area contributed by atoms with E-state index in [1.54, 1.807) is 7.05 Å². The van der Waals surface area contributed by atoms with Crippen LogP contribution < -0.4 is 22.5 Å².